The molecule has 124 valence electrons. The van der Waals surface area contributed by atoms with Gasteiger partial charge in [-0.15, -0.1) is 0 Å². The first-order valence-corrected chi connectivity index (χ1v) is 8.76. The highest BCUT2D eigenvalue weighted by Gasteiger charge is 2.29. The Bertz CT molecular complexity index is 985. The normalized spacial score (nSPS) is 13.6. The fourth-order valence-electron chi connectivity index (χ4n) is 2.69. The first-order valence-electron chi connectivity index (χ1n) is 7.96. The van der Waals surface area contributed by atoms with Crippen molar-refractivity contribution in [2.24, 2.45) is 5.92 Å². The van der Waals surface area contributed by atoms with E-state index < -0.39 is 0 Å². The van der Waals surface area contributed by atoms with Gasteiger partial charge in [0.1, 0.15) is 11.9 Å². The predicted molar refractivity (Wildman–Crippen MR) is 96.2 cm³/mol. The highest BCUT2D eigenvalue weighted by Crippen LogP contribution is 2.32. The molecule has 7 heteroatoms. The molecule has 6 nitrogen and oxygen atoms in total. The monoisotopic (exact) mass is 395 g/mol. The number of anilines is 1. The second-order valence-electron chi connectivity index (χ2n) is 6.11. The molecule has 0 aromatic carbocycles. The average molecular weight is 396 g/mol. The lowest BCUT2D eigenvalue weighted by Crippen LogP contribution is -2.33. The Labute approximate surface area is 152 Å². The zero-order valence-electron chi connectivity index (χ0n) is 13.3. The van der Waals surface area contributed by atoms with Gasteiger partial charge in [0.2, 0.25) is 0 Å². The molecule has 1 fully saturated rings. The summed E-state index contributed by atoms with van der Waals surface area (Å²) < 4.78 is 2.55. The van der Waals surface area contributed by atoms with Crippen LogP contribution in [0.25, 0.3) is 5.52 Å². The van der Waals surface area contributed by atoms with Gasteiger partial charge < -0.3 is 0 Å². The van der Waals surface area contributed by atoms with E-state index in [2.05, 4.69) is 26.0 Å². The van der Waals surface area contributed by atoms with E-state index in [1.54, 1.807) is 40.0 Å². The zero-order chi connectivity index (χ0) is 17.4. The van der Waals surface area contributed by atoms with Crippen molar-refractivity contribution in [3.05, 3.63) is 58.5 Å². The van der Waals surface area contributed by atoms with E-state index in [0.29, 0.717) is 29.4 Å². The minimum atomic E-state index is -0.0975. The molecule has 25 heavy (non-hydrogen) atoms. The number of nitrogens with zero attached hydrogens (tertiary/aromatic N) is 5. The molecule has 0 atom stereocenters. The number of carbonyl (C=O) groups excluding carboxylic acids is 1. The van der Waals surface area contributed by atoms with E-state index in [1.807, 2.05) is 12.1 Å². The van der Waals surface area contributed by atoms with Crippen LogP contribution in [0.3, 0.4) is 0 Å². The van der Waals surface area contributed by atoms with E-state index in [0.717, 1.165) is 22.8 Å². The molecule has 1 aliphatic rings. The largest absolute Gasteiger partial charge is 0.292 e. The highest BCUT2D eigenvalue weighted by molar-refractivity contribution is 9.10. The molecular weight excluding hydrogens is 382 g/mol. The number of hydrogen-bond acceptors (Lipinski definition) is 4. The molecule has 3 aromatic heterocycles. The zero-order valence-corrected chi connectivity index (χ0v) is 14.8. The Kier molecular flexibility index (Phi) is 3.98. The minimum absolute atomic E-state index is 0.0975. The van der Waals surface area contributed by atoms with Crippen molar-refractivity contribution in [1.82, 2.24) is 14.6 Å². The van der Waals surface area contributed by atoms with Crippen LogP contribution < -0.4 is 4.90 Å². The summed E-state index contributed by atoms with van der Waals surface area (Å²) in [5, 5.41) is 13.1. The third-order valence-electron chi connectivity index (χ3n) is 4.26. The predicted octanol–water partition coefficient (Wildman–Crippen LogP) is 3.42. The molecule has 3 aromatic rings. The topological polar surface area (TPSA) is 74.3 Å². The summed E-state index contributed by atoms with van der Waals surface area (Å²) in [6, 6.07) is 9.05. The minimum Gasteiger partial charge on any atom is -0.292 e. The van der Waals surface area contributed by atoms with Crippen molar-refractivity contribution < 1.29 is 4.79 Å². The van der Waals surface area contributed by atoms with Crippen LogP contribution in [0.15, 0.2) is 47.3 Å². The molecule has 4 rings (SSSR count). The maximum absolute atomic E-state index is 13.1. The lowest BCUT2D eigenvalue weighted by Gasteiger charge is -2.22. The van der Waals surface area contributed by atoms with Crippen molar-refractivity contribution in [1.29, 1.82) is 5.26 Å². The van der Waals surface area contributed by atoms with Crippen molar-refractivity contribution in [3.63, 3.8) is 0 Å². The number of amides is 1. The molecule has 3 heterocycles. The summed E-state index contributed by atoms with van der Waals surface area (Å²) in [5.41, 5.74) is 1.90. The summed E-state index contributed by atoms with van der Waals surface area (Å²) in [5.74, 6) is 0.995. The van der Waals surface area contributed by atoms with Gasteiger partial charge in [0, 0.05) is 24.5 Å². The fourth-order valence-corrected chi connectivity index (χ4v) is 3.08. The van der Waals surface area contributed by atoms with Crippen molar-refractivity contribution >= 4 is 33.2 Å². The number of hydrogen-bond donors (Lipinski definition) is 0. The molecule has 0 aliphatic heterocycles. The number of pyridine rings is 2. The van der Waals surface area contributed by atoms with E-state index in [4.69, 9.17) is 5.26 Å². The Hall–Kier alpha value is -2.72. The van der Waals surface area contributed by atoms with Crippen molar-refractivity contribution in [3.8, 4) is 6.07 Å². The summed E-state index contributed by atoms with van der Waals surface area (Å²) in [6.45, 7) is 0.642. The molecule has 0 spiro atoms. The number of fused-ring (bicyclic) bond motifs is 1. The lowest BCUT2D eigenvalue weighted by molar-refractivity contribution is 0.0985. The van der Waals surface area contributed by atoms with Crippen LogP contribution in [0.4, 0.5) is 5.82 Å². The third kappa shape index (κ3) is 3.13. The molecule has 1 amide bonds. The Morgan fingerprint density at radius 2 is 2.20 bits per heavy atom. The van der Waals surface area contributed by atoms with Gasteiger partial charge in [0.05, 0.1) is 21.7 Å². The van der Waals surface area contributed by atoms with Gasteiger partial charge in [0.15, 0.2) is 0 Å². The maximum atomic E-state index is 13.1. The first-order chi connectivity index (χ1) is 12.2. The van der Waals surface area contributed by atoms with Gasteiger partial charge in [0.25, 0.3) is 5.91 Å². The summed E-state index contributed by atoms with van der Waals surface area (Å²) in [6.07, 6.45) is 7.24. The third-order valence-corrected chi connectivity index (χ3v) is 4.87. The number of halogens is 1. The van der Waals surface area contributed by atoms with Crippen LogP contribution >= 0.6 is 15.9 Å². The Balaban J connectivity index is 1.70. The Morgan fingerprint density at radius 3 is 2.88 bits per heavy atom. The number of aromatic nitrogens is 3. The highest BCUT2D eigenvalue weighted by atomic mass is 79.9. The molecule has 0 unspecified atom stereocenters. The van der Waals surface area contributed by atoms with E-state index in [-0.39, 0.29) is 5.91 Å². The molecule has 0 N–H and O–H groups in total. The quantitative estimate of drug-likeness (QED) is 0.678. The first kappa shape index (κ1) is 15.8. The van der Waals surface area contributed by atoms with Crippen LogP contribution in [0.5, 0.6) is 0 Å². The van der Waals surface area contributed by atoms with Gasteiger partial charge in [-0.05, 0) is 59.0 Å². The lowest BCUT2D eigenvalue weighted by atomic mass is 10.2. The van der Waals surface area contributed by atoms with Gasteiger partial charge in [-0.1, -0.05) is 0 Å². The van der Waals surface area contributed by atoms with Crippen LogP contribution in [-0.4, -0.2) is 27.0 Å². The number of carbonyl (C=O) groups is 1. The second kappa shape index (κ2) is 6.30. The van der Waals surface area contributed by atoms with Crippen LogP contribution in [-0.2, 0) is 0 Å². The van der Waals surface area contributed by atoms with Crippen molar-refractivity contribution in [2.75, 3.05) is 11.4 Å². The molecule has 0 radical (unpaired) electrons. The van der Waals surface area contributed by atoms with E-state index >= 15 is 0 Å². The number of nitriles is 1. The maximum Gasteiger partial charge on any atom is 0.259 e. The molecule has 1 saturated carbocycles. The number of rotatable bonds is 4. The van der Waals surface area contributed by atoms with Crippen LogP contribution in [0.2, 0.25) is 0 Å². The van der Waals surface area contributed by atoms with Gasteiger partial charge in [-0.3, -0.25) is 9.69 Å². The smallest absolute Gasteiger partial charge is 0.259 e. The van der Waals surface area contributed by atoms with Gasteiger partial charge in [-0.25, -0.2) is 9.50 Å². The Morgan fingerprint density at radius 1 is 1.36 bits per heavy atom. The average Bonchev–Trinajstić information content (AvgIpc) is 3.41. The van der Waals surface area contributed by atoms with Crippen LogP contribution in [0, 0.1) is 17.2 Å². The standard InChI is InChI=1S/C18H14BrN5O/c19-15-10-22-24-6-5-14(7-16(15)24)18(25)23(11-12-1-2-12)17-4-3-13(8-20)9-21-17/h3-7,9-10,12H,1-2,11H2. The summed E-state index contributed by atoms with van der Waals surface area (Å²) in [4.78, 5) is 19.1. The fraction of sp³-hybridized carbons (Fsp3) is 0.222. The van der Waals surface area contributed by atoms with Crippen molar-refractivity contribution in [2.45, 2.75) is 12.8 Å². The molecule has 0 bridgehead atoms. The molecule has 1 aliphatic carbocycles. The van der Waals surface area contributed by atoms with Gasteiger partial charge >= 0.3 is 0 Å². The van der Waals surface area contributed by atoms with Crippen LogP contribution in [0.1, 0.15) is 28.8 Å². The van der Waals surface area contributed by atoms with Gasteiger partial charge in [-0.2, -0.15) is 10.4 Å². The summed E-state index contributed by atoms with van der Waals surface area (Å²) in [7, 11) is 0. The van der Waals surface area contributed by atoms with E-state index in [1.165, 1.54) is 6.20 Å². The molecular formula is C18H14BrN5O. The summed E-state index contributed by atoms with van der Waals surface area (Å²) >= 11 is 3.45. The second-order valence-corrected chi connectivity index (χ2v) is 6.97. The SMILES string of the molecule is N#Cc1ccc(N(CC2CC2)C(=O)c2ccn3ncc(Br)c3c2)nc1. The van der Waals surface area contributed by atoms with E-state index in [9.17, 15) is 4.79 Å². The molecule has 0 saturated heterocycles.